The molecular formula is C10H10F2O2. The molecule has 0 unspecified atom stereocenters. The largest absolute Gasteiger partial charge is 0.382 e. The van der Waals surface area contributed by atoms with Crippen molar-refractivity contribution in [2.45, 2.75) is 19.4 Å². The maximum atomic E-state index is 12.7. The number of ketones is 1. The minimum Gasteiger partial charge on any atom is -0.382 e. The summed E-state index contributed by atoms with van der Waals surface area (Å²) < 4.78 is 25.4. The standard InChI is InChI=1S/C10H10F2O2/c1-10(2,14)9(13)6-3-7(11)5-8(12)4-6/h3-5,14H,1-2H3. The first-order valence-electron chi connectivity index (χ1n) is 4.04. The van der Waals surface area contributed by atoms with E-state index in [-0.39, 0.29) is 5.56 Å². The highest BCUT2D eigenvalue weighted by atomic mass is 19.1. The van der Waals surface area contributed by atoms with Crippen LogP contribution >= 0.6 is 0 Å². The van der Waals surface area contributed by atoms with E-state index in [9.17, 15) is 18.7 Å². The normalized spacial score (nSPS) is 11.5. The summed E-state index contributed by atoms with van der Waals surface area (Å²) in [6.07, 6.45) is 0. The summed E-state index contributed by atoms with van der Waals surface area (Å²) >= 11 is 0. The molecule has 76 valence electrons. The first-order valence-corrected chi connectivity index (χ1v) is 4.04. The van der Waals surface area contributed by atoms with Gasteiger partial charge in [0.25, 0.3) is 0 Å². The lowest BCUT2D eigenvalue weighted by Gasteiger charge is -2.15. The Morgan fingerprint density at radius 3 is 2.00 bits per heavy atom. The van der Waals surface area contributed by atoms with Crippen LogP contribution in [0.25, 0.3) is 0 Å². The van der Waals surface area contributed by atoms with Gasteiger partial charge in [0.15, 0.2) is 5.78 Å². The maximum Gasteiger partial charge on any atom is 0.193 e. The van der Waals surface area contributed by atoms with Gasteiger partial charge in [0.1, 0.15) is 17.2 Å². The summed E-state index contributed by atoms with van der Waals surface area (Å²) in [7, 11) is 0. The molecule has 0 fully saturated rings. The fourth-order valence-electron chi connectivity index (χ4n) is 1.04. The monoisotopic (exact) mass is 200 g/mol. The van der Waals surface area contributed by atoms with Crippen LogP contribution in [0, 0.1) is 11.6 Å². The topological polar surface area (TPSA) is 37.3 Å². The number of rotatable bonds is 2. The van der Waals surface area contributed by atoms with Crippen molar-refractivity contribution in [1.82, 2.24) is 0 Å². The lowest BCUT2D eigenvalue weighted by molar-refractivity contribution is 0.0487. The van der Waals surface area contributed by atoms with Gasteiger partial charge in [-0.1, -0.05) is 0 Å². The van der Waals surface area contributed by atoms with E-state index < -0.39 is 23.0 Å². The Bertz CT molecular complexity index is 347. The summed E-state index contributed by atoms with van der Waals surface area (Å²) in [5.41, 5.74) is -1.80. The second-order valence-corrected chi connectivity index (χ2v) is 3.55. The van der Waals surface area contributed by atoms with Crippen molar-refractivity contribution in [3.63, 3.8) is 0 Å². The van der Waals surface area contributed by atoms with Gasteiger partial charge in [-0.25, -0.2) is 8.78 Å². The van der Waals surface area contributed by atoms with Crippen LogP contribution < -0.4 is 0 Å². The molecule has 1 aromatic carbocycles. The average Bonchev–Trinajstić information content (AvgIpc) is 1.99. The van der Waals surface area contributed by atoms with Crippen molar-refractivity contribution in [2.24, 2.45) is 0 Å². The van der Waals surface area contributed by atoms with E-state index >= 15 is 0 Å². The molecule has 0 atom stereocenters. The SMILES string of the molecule is CC(C)(O)C(=O)c1cc(F)cc(F)c1. The molecule has 0 radical (unpaired) electrons. The molecule has 0 amide bonds. The lowest BCUT2D eigenvalue weighted by Crippen LogP contribution is -2.31. The third-order valence-corrected chi connectivity index (χ3v) is 1.68. The number of aliphatic hydroxyl groups is 1. The minimum atomic E-state index is -1.62. The van der Waals surface area contributed by atoms with Gasteiger partial charge in [-0.05, 0) is 26.0 Å². The van der Waals surface area contributed by atoms with E-state index in [1.807, 2.05) is 0 Å². The van der Waals surface area contributed by atoms with Gasteiger partial charge < -0.3 is 5.11 Å². The second-order valence-electron chi connectivity index (χ2n) is 3.55. The molecule has 4 heteroatoms. The van der Waals surface area contributed by atoms with Crippen molar-refractivity contribution in [2.75, 3.05) is 0 Å². The number of benzene rings is 1. The zero-order valence-electron chi connectivity index (χ0n) is 7.84. The van der Waals surface area contributed by atoms with Gasteiger partial charge in [-0.3, -0.25) is 4.79 Å². The molecule has 1 rings (SSSR count). The Morgan fingerprint density at radius 2 is 1.64 bits per heavy atom. The van der Waals surface area contributed by atoms with E-state index in [0.717, 1.165) is 12.1 Å². The Balaban J connectivity index is 3.14. The van der Waals surface area contributed by atoms with E-state index in [1.54, 1.807) is 0 Å². The molecule has 1 N–H and O–H groups in total. The number of halogens is 2. The maximum absolute atomic E-state index is 12.7. The molecular weight excluding hydrogens is 190 g/mol. The highest BCUT2D eigenvalue weighted by molar-refractivity contribution is 6.01. The first kappa shape index (κ1) is 10.8. The third kappa shape index (κ3) is 2.35. The van der Waals surface area contributed by atoms with E-state index in [1.165, 1.54) is 13.8 Å². The van der Waals surface area contributed by atoms with Crippen LogP contribution in [-0.2, 0) is 0 Å². The van der Waals surface area contributed by atoms with Gasteiger partial charge in [0, 0.05) is 11.6 Å². The highest BCUT2D eigenvalue weighted by Crippen LogP contribution is 2.15. The molecule has 2 nitrogen and oxygen atoms in total. The second kappa shape index (κ2) is 3.46. The van der Waals surface area contributed by atoms with Crippen LogP contribution in [0.5, 0.6) is 0 Å². The fourth-order valence-corrected chi connectivity index (χ4v) is 1.04. The van der Waals surface area contributed by atoms with Crippen molar-refractivity contribution in [1.29, 1.82) is 0 Å². The summed E-state index contributed by atoms with van der Waals surface area (Å²) in [6.45, 7) is 2.52. The van der Waals surface area contributed by atoms with E-state index in [2.05, 4.69) is 0 Å². The van der Waals surface area contributed by atoms with Gasteiger partial charge in [-0.2, -0.15) is 0 Å². The fraction of sp³-hybridized carbons (Fsp3) is 0.300. The molecule has 0 aliphatic rings. The number of carbonyl (C=O) groups is 1. The lowest BCUT2D eigenvalue weighted by atomic mass is 9.97. The van der Waals surface area contributed by atoms with Gasteiger partial charge in [-0.15, -0.1) is 0 Å². The molecule has 0 aromatic heterocycles. The number of hydrogen-bond acceptors (Lipinski definition) is 2. The van der Waals surface area contributed by atoms with E-state index in [0.29, 0.717) is 6.07 Å². The van der Waals surface area contributed by atoms with Crippen LogP contribution in [0.15, 0.2) is 18.2 Å². The van der Waals surface area contributed by atoms with Gasteiger partial charge in [0.2, 0.25) is 0 Å². The van der Waals surface area contributed by atoms with Crippen molar-refractivity contribution in [3.05, 3.63) is 35.4 Å². The summed E-state index contributed by atoms with van der Waals surface area (Å²) in [5, 5.41) is 9.33. The van der Waals surface area contributed by atoms with Crippen LogP contribution in [0.1, 0.15) is 24.2 Å². The average molecular weight is 200 g/mol. The minimum absolute atomic E-state index is 0.171. The van der Waals surface area contributed by atoms with Crippen LogP contribution in [0.4, 0.5) is 8.78 Å². The Morgan fingerprint density at radius 1 is 1.21 bits per heavy atom. The molecule has 0 spiro atoms. The van der Waals surface area contributed by atoms with Crippen LogP contribution in [0.2, 0.25) is 0 Å². The molecule has 0 saturated carbocycles. The molecule has 0 aliphatic heterocycles. The zero-order valence-corrected chi connectivity index (χ0v) is 7.84. The van der Waals surface area contributed by atoms with Crippen molar-refractivity contribution < 1.29 is 18.7 Å². The Labute approximate surface area is 80.2 Å². The molecule has 0 heterocycles. The van der Waals surface area contributed by atoms with Gasteiger partial charge >= 0.3 is 0 Å². The predicted molar refractivity (Wildman–Crippen MR) is 47.0 cm³/mol. The third-order valence-electron chi connectivity index (χ3n) is 1.68. The van der Waals surface area contributed by atoms with Crippen molar-refractivity contribution >= 4 is 5.78 Å². The molecule has 0 bridgehead atoms. The Kier molecular flexibility index (Phi) is 2.66. The number of hydrogen-bond donors (Lipinski definition) is 1. The quantitative estimate of drug-likeness (QED) is 0.740. The molecule has 1 aromatic rings. The molecule has 14 heavy (non-hydrogen) atoms. The number of Topliss-reactive ketones (excluding diaryl/α,β-unsaturated/α-hetero) is 1. The zero-order chi connectivity index (χ0) is 10.9. The summed E-state index contributed by atoms with van der Waals surface area (Å²) in [5.74, 6) is -2.38. The predicted octanol–water partition coefficient (Wildman–Crippen LogP) is 1.92. The molecule has 0 aliphatic carbocycles. The highest BCUT2D eigenvalue weighted by Gasteiger charge is 2.25. The van der Waals surface area contributed by atoms with Crippen LogP contribution in [-0.4, -0.2) is 16.5 Å². The summed E-state index contributed by atoms with van der Waals surface area (Å²) in [4.78, 5) is 11.4. The number of carbonyl (C=O) groups excluding carboxylic acids is 1. The van der Waals surface area contributed by atoms with Crippen LogP contribution in [0.3, 0.4) is 0 Å². The smallest absolute Gasteiger partial charge is 0.193 e. The Hall–Kier alpha value is -1.29. The van der Waals surface area contributed by atoms with E-state index in [4.69, 9.17) is 0 Å². The van der Waals surface area contributed by atoms with Crippen molar-refractivity contribution in [3.8, 4) is 0 Å². The summed E-state index contributed by atoms with van der Waals surface area (Å²) in [6, 6.07) is 2.45. The molecule has 0 saturated heterocycles. The first-order chi connectivity index (χ1) is 6.30. The van der Waals surface area contributed by atoms with Gasteiger partial charge in [0.05, 0.1) is 0 Å².